The smallest absolute Gasteiger partial charge is 0.425 e. The molecule has 14 nitrogen and oxygen atoms in total. The van der Waals surface area contributed by atoms with E-state index in [1.165, 1.54) is 25.4 Å². The minimum Gasteiger partial charge on any atom is -0.465 e. The molecule has 0 saturated heterocycles. The van der Waals surface area contributed by atoms with Gasteiger partial charge < -0.3 is 23.9 Å². The monoisotopic (exact) mass is 707 g/mol. The fourth-order valence-electron chi connectivity index (χ4n) is 4.47. The Morgan fingerprint density at radius 1 is 0.820 bits per heavy atom. The molecular weight excluding hydrogens is 666 g/mol. The van der Waals surface area contributed by atoms with Gasteiger partial charge >= 0.3 is 18.3 Å². The lowest BCUT2D eigenvalue weighted by molar-refractivity contribution is 0.0429. The van der Waals surface area contributed by atoms with Crippen LogP contribution in [0.1, 0.15) is 61.0 Å². The molecule has 0 fully saturated rings. The number of rotatable bonds is 8. The quantitative estimate of drug-likeness (QED) is 0.191. The summed E-state index contributed by atoms with van der Waals surface area (Å²) in [5.41, 5.74) is 0.422. The zero-order chi connectivity index (χ0) is 37.2. The van der Waals surface area contributed by atoms with Crippen molar-refractivity contribution in [1.82, 2.24) is 20.1 Å². The van der Waals surface area contributed by atoms with Crippen molar-refractivity contribution in [2.24, 2.45) is 0 Å². The molecule has 2 heterocycles. The molecule has 3 amide bonds. The third kappa shape index (κ3) is 9.02. The number of amides is 3. The maximum absolute atomic E-state index is 13.6. The number of nitrogens with zero attached hydrogens (tertiary/aromatic N) is 5. The van der Waals surface area contributed by atoms with Crippen LogP contribution in [0.4, 0.5) is 20.2 Å². The number of hydrogen-bond acceptors (Lipinski definition) is 11. The Morgan fingerprint density at radius 2 is 1.34 bits per heavy atom. The number of carbonyl (C=O) groups is 3. The molecule has 0 aliphatic heterocycles. The van der Waals surface area contributed by atoms with Gasteiger partial charge in [0, 0.05) is 30.9 Å². The van der Waals surface area contributed by atoms with Crippen LogP contribution in [0.2, 0.25) is 0 Å². The Hall–Kier alpha value is -5.31. The minimum atomic E-state index is -3.52. The first-order chi connectivity index (χ1) is 23.2. The van der Waals surface area contributed by atoms with E-state index in [2.05, 4.69) is 15.2 Å². The van der Waals surface area contributed by atoms with E-state index in [1.54, 1.807) is 97.9 Å². The van der Waals surface area contributed by atoms with Crippen LogP contribution in [0.5, 0.6) is 0 Å². The van der Waals surface area contributed by atoms with Gasteiger partial charge in [0.15, 0.2) is 15.7 Å². The number of sulfone groups is 1. The first-order valence-corrected chi connectivity index (χ1v) is 17.2. The molecule has 266 valence electrons. The van der Waals surface area contributed by atoms with E-state index < -0.39 is 44.6 Å². The van der Waals surface area contributed by atoms with Gasteiger partial charge in [-0.05, 0) is 96.8 Å². The summed E-state index contributed by atoms with van der Waals surface area (Å²) in [6.45, 7) is 13.3. The Labute approximate surface area is 291 Å². The molecule has 50 heavy (non-hydrogen) atoms. The van der Waals surface area contributed by atoms with E-state index in [-0.39, 0.29) is 34.6 Å². The third-order valence-electron chi connectivity index (χ3n) is 6.97. The summed E-state index contributed by atoms with van der Waals surface area (Å²) in [5, 5.41) is 17.0. The SMILES string of the molecule is CC(C)S(=O)(=O)c1ccc(-c2cnc(N(C(=O)OC(C)(C)C)C(=O)OC(C)(C)C)c(-c3nnc(-c4ccc(CN(C)C(=O)O)cc4)o3)c2)cc1. The molecule has 4 rings (SSSR count). The molecule has 0 aliphatic rings. The van der Waals surface area contributed by atoms with Crippen molar-refractivity contribution in [1.29, 1.82) is 0 Å². The predicted molar refractivity (Wildman–Crippen MR) is 185 cm³/mol. The first kappa shape index (κ1) is 37.5. The highest BCUT2D eigenvalue weighted by atomic mass is 32.2. The molecule has 0 saturated carbocycles. The highest BCUT2D eigenvalue weighted by Crippen LogP contribution is 2.36. The Kier molecular flexibility index (Phi) is 10.7. The van der Waals surface area contributed by atoms with Crippen molar-refractivity contribution in [3.63, 3.8) is 0 Å². The number of benzene rings is 2. The van der Waals surface area contributed by atoms with Gasteiger partial charge in [-0.2, -0.15) is 4.90 Å². The molecule has 15 heteroatoms. The second-order valence-corrected chi connectivity index (χ2v) is 16.3. The maximum Gasteiger partial charge on any atom is 0.425 e. The van der Waals surface area contributed by atoms with Crippen LogP contribution in [-0.4, -0.2) is 75.4 Å². The number of ether oxygens (including phenoxy) is 2. The second-order valence-electron chi connectivity index (χ2n) is 13.8. The molecule has 1 N–H and O–H groups in total. The van der Waals surface area contributed by atoms with Crippen molar-refractivity contribution in [3.8, 4) is 34.0 Å². The molecule has 4 aromatic rings. The molecule has 0 atom stereocenters. The average molecular weight is 708 g/mol. The van der Waals surface area contributed by atoms with Crippen LogP contribution in [0.3, 0.4) is 0 Å². The topological polar surface area (TPSA) is 182 Å². The fourth-order valence-corrected chi connectivity index (χ4v) is 5.53. The highest BCUT2D eigenvalue weighted by Gasteiger charge is 2.36. The summed E-state index contributed by atoms with van der Waals surface area (Å²) in [6, 6.07) is 14.7. The number of carboxylic acid groups (broad SMARTS) is 1. The standard InChI is InChI=1S/C35H41N5O9S/c1-21(2)50(45,46)26-16-14-23(15-17-26)25-18-27(28(36-19-25)40(32(43)48-34(3,4)5)33(44)49-35(6,7)8)30-38-37-29(47-30)24-12-10-22(11-13-24)20-39(9)31(41)42/h10-19,21H,20H2,1-9H3,(H,41,42). The summed E-state index contributed by atoms with van der Waals surface area (Å²) in [5.74, 6) is -0.215. The van der Waals surface area contributed by atoms with Crippen LogP contribution in [0.25, 0.3) is 34.0 Å². The highest BCUT2D eigenvalue weighted by molar-refractivity contribution is 7.92. The van der Waals surface area contributed by atoms with E-state index in [1.807, 2.05) is 0 Å². The molecule has 2 aromatic heterocycles. The lowest BCUT2D eigenvalue weighted by Crippen LogP contribution is -2.44. The number of carbonyl (C=O) groups excluding carboxylic acids is 2. The van der Waals surface area contributed by atoms with Crippen LogP contribution in [-0.2, 0) is 25.9 Å². The van der Waals surface area contributed by atoms with Crippen molar-refractivity contribution < 1.29 is 41.8 Å². The molecule has 0 unspecified atom stereocenters. The van der Waals surface area contributed by atoms with E-state index in [4.69, 9.17) is 13.9 Å². The van der Waals surface area contributed by atoms with Gasteiger partial charge in [0.1, 0.15) is 11.2 Å². The van der Waals surface area contributed by atoms with Crippen LogP contribution in [0, 0.1) is 0 Å². The molecule has 2 aromatic carbocycles. The third-order valence-corrected chi connectivity index (χ3v) is 9.14. The van der Waals surface area contributed by atoms with Crippen molar-refractivity contribution in [2.45, 2.75) is 83.3 Å². The number of imide groups is 1. The van der Waals surface area contributed by atoms with Gasteiger partial charge in [0.05, 0.1) is 15.7 Å². The van der Waals surface area contributed by atoms with E-state index in [0.29, 0.717) is 21.6 Å². The Bertz CT molecular complexity index is 1950. The molecular formula is C35H41N5O9S. The van der Waals surface area contributed by atoms with Crippen LogP contribution in [0.15, 0.2) is 70.1 Å². The largest absolute Gasteiger partial charge is 0.465 e. The normalized spacial score (nSPS) is 12.0. The van der Waals surface area contributed by atoms with Gasteiger partial charge in [-0.1, -0.05) is 24.3 Å². The number of pyridine rings is 1. The lowest BCUT2D eigenvalue weighted by atomic mass is 10.1. The van der Waals surface area contributed by atoms with E-state index in [0.717, 1.165) is 10.5 Å². The lowest BCUT2D eigenvalue weighted by Gasteiger charge is -2.28. The van der Waals surface area contributed by atoms with Gasteiger partial charge in [-0.3, -0.25) is 0 Å². The van der Waals surface area contributed by atoms with E-state index >= 15 is 0 Å². The van der Waals surface area contributed by atoms with Gasteiger partial charge in [0.2, 0.25) is 5.89 Å². The first-order valence-electron chi connectivity index (χ1n) is 15.6. The van der Waals surface area contributed by atoms with Crippen LogP contribution < -0.4 is 4.90 Å². The summed E-state index contributed by atoms with van der Waals surface area (Å²) < 4.78 is 42.6. The number of anilines is 1. The molecule has 0 aliphatic carbocycles. The minimum absolute atomic E-state index is 0.0801. The number of aromatic nitrogens is 3. The zero-order valence-electron chi connectivity index (χ0n) is 29.4. The van der Waals surface area contributed by atoms with Crippen LogP contribution >= 0.6 is 0 Å². The molecule has 0 spiro atoms. The van der Waals surface area contributed by atoms with Gasteiger partial charge in [0.25, 0.3) is 5.89 Å². The van der Waals surface area contributed by atoms with Crippen molar-refractivity contribution in [3.05, 3.63) is 66.4 Å². The predicted octanol–water partition coefficient (Wildman–Crippen LogP) is 7.43. The fraction of sp³-hybridized carbons (Fsp3) is 0.371. The summed E-state index contributed by atoms with van der Waals surface area (Å²) >= 11 is 0. The van der Waals surface area contributed by atoms with Crippen molar-refractivity contribution in [2.75, 3.05) is 11.9 Å². The maximum atomic E-state index is 13.6. The zero-order valence-corrected chi connectivity index (χ0v) is 30.2. The number of hydrogen-bond donors (Lipinski definition) is 1. The van der Waals surface area contributed by atoms with Crippen molar-refractivity contribution >= 4 is 33.9 Å². The summed E-state index contributed by atoms with van der Waals surface area (Å²) in [4.78, 5) is 44.8. The molecule has 0 bridgehead atoms. The second kappa shape index (κ2) is 14.3. The van der Waals surface area contributed by atoms with Gasteiger partial charge in [-0.15, -0.1) is 10.2 Å². The van der Waals surface area contributed by atoms with Gasteiger partial charge in [-0.25, -0.2) is 27.8 Å². The summed E-state index contributed by atoms with van der Waals surface area (Å²) in [7, 11) is -2.06. The Morgan fingerprint density at radius 3 is 1.84 bits per heavy atom. The average Bonchev–Trinajstić information content (AvgIpc) is 3.50. The Balaban J connectivity index is 1.85. The summed E-state index contributed by atoms with van der Waals surface area (Å²) in [6.07, 6.45) is -1.77. The molecule has 0 radical (unpaired) electrons. The van der Waals surface area contributed by atoms with E-state index in [9.17, 15) is 27.9 Å².